The van der Waals surface area contributed by atoms with Gasteiger partial charge in [-0.3, -0.25) is 9.20 Å². The number of fused-ring (bicyclic) bond motifs is 3. The fourth-order valence-electron chi connectivity index (χ4n) is 3.55. The molecule has 0 spiro atoms. The van der Waals surface area contributed by atoms with Crippen molar-refractivity contribution in [2.45, 2.75) is 38.8 Å². The normalized spacial score (nSPS) is 15.3. The van der Waals surface area contributed by atoms with Crippen molar-refractivity contribution in [2.75, 3.05) is 7.05 Å². The van der Waals surface area contributed by atoms with E-state index >= 15 is 0 Å². The Labute approximate surface area is 149 Å². The zero-order valence-electron chi connectivity index (χ0n) is 14.2. The summed E-state index contributed by atoms with van der Waals surface area (Å²) in [6.07, 6.45) is 4.39. The lowest BCUT2D eigenvalue weighted by Gasteiger charge is -2.14. The van der Waals surface area contributed by atoms with Gasteiger partial charge in [-0.05, 0) is 37.8 Å². The predicted octanol–water partition coefficient (Wildman–Crippen LogP) is 1.99. The van der Waals surface area contributed by atoms with E-state index in [4.69, 9.17) is 4.98 Å². The molecule has 4 rings (SSSR count). The number of nitrogens with one attached hydrogen (secondary N) is 1. The summed E-state index contributed by atoms with van der Waals surface area (Å²) >= 11 is 1.66. The van der Waals surface area contributed by atoms with Gasteiger partial charge in [0.1, 0.15) is 24.6 Å². The molecule has 0 bridgehead atoms. The monoisotopic (exact) mass is 358 g/mol. The van der Waals surface area contributed by atoms with Gasteiger partial charge in [-0.2, -0.15) is 0 Å². The Morgan fingerprint density at radius 1 is 1.20 bits per heavy atom. The molecule has 1 N–H and O–H groups in total. The highest BCUT2D eigenvalue weighted by Gasteiger charge is 2.19. The van der Waals surface area contributed by atoms with Gasteiger partial charge in [-0.25, -0.2) is 9.37 Å². The van der Waals surface area contributed by atoms with Crippen LogP contribution in [-0.4, -0.2) is 16.4 Å². The van der Waals surface area contributed by atoms with Gasteiger partial charge < -0.3 is 4.90 Å². The topological polar surface area (TPSA) is 38.8 Å². The first-order valence-corrected chi connectivity index (χ1v) is 9.51. The third kappa shape index (κ3) is 3.37. The van der Waals surface area contributed by atoms with Crippen LogP contribution in [0.5, 0.6) is 0 Å². The lowest BCUT2D eigenvalue weighted by Crippen LogP contribution is -3.06. The van der Waals surface area contributed by atoms with Crippen molar-refractivity contribution in [1.29, 1.82) is 0 Å². The minimum absolute atomic E-state index is 0.0361. The quantitative estimate of drug-likeness (QED) is 0.775. The second-order valence-electron chi connectivity index (χ2n) is 6.82. The second kappa shape index (κ2) is 6.69. The minimum Gasteiger partial charge on any atom is -0.329 e. The van der Waals surface area contributed by atoms with Crippen LogP contribution in [-0.2, 0) is 25.9 Å². The van der Waals surface area contributed by atoms with Crippen molar-refractivity contribution in [1.82, 2.24) is 9.38 Å². The second-order valence-corrected chi connectivity index (χ2v) is 7.88. The van der Waals surface area contributed by atoms with E-state index in [9.17, 15) is 9.18 Å². The van der Waals surface area contributed by atoms with Crippen LogP contribution >= 0.6 is 11.3 Å². The Morgan fingerprint density at radius 3 is 2.76 bits per heavy atom. The molecule has 3 aromatic rings. The summed E-state index contributed by atoms with van der Waals surface area (Å²) in [5.74, 6) is -0.219. The number of benzene rings is 1. The molecule has 2 aromatic heterocycles. The molecule has 1 aliphatic carbocycles. The molecule has 0 fully saturated rings. The number of quaternary nitrogens is 1. The van der Waals surface area contributed by atoms with Crippen molar-refractivity contribution >= 4 is 16.3 Å². The number of halogens is 1. The smallest absolute Gasteiger partial charge is 0.259 e. The number of aromatic nitrogens is 2. The third-order valence-electron chi connectivity index (χ3n) is 4.72. The maximum Gasteiger partial charge on any atom is 0.259 e. The largest absolute Gasteiger partial charge is 0.329 e. The van der Waals surface area contributed by atoms with Crippen LogP contribution in [0.4, 0.5) is 4.39 Å². The average molecular weight is 358 g/mol. The molecule has 6 heteroatoms. The Bertz CT molecular complexity index is 961. The van der Waals surface area contributed by atoms with E-state index in [-0.39, 0.29) is 11.4 Å². The van der Waals surface area contributed by atoms with E-state index < -0.39 is 0 Å². The van der Waals surface area contributed by atoms with E-state index in [1.165, 1.54) is 34.0 Å². The third-order valence-corrected chi connectivity index (χ3v) is 5.86. The first-order valence-electron chi connectivity index (χ1n) is 8.69. The SMILES string of the molecule is C[NH+](Cc1ccc(F)cc1)Cc1cc(=O)n2c3c(sc2n1)CCCC3. The van der Waals surface area contributed by atoms with Gasteiger partial charge >= 0.3 is 0 Å². The van der Waals surface area contributed by atoms with Crippen LogP contribution in [0.2, 0.25) is 0 Å². The number of nitrogens with zero attached hydrogens (tertiary/aromatic N) is 2. The fourth-order valence-corrected chi connectivity index (χ4v) is 4.79. The average Bonchev–Trinajstić information content (AvgIpc) is 2.95. The lowest BCUT2D eigenvalue weighted by molar-refractivity contribution is -0.908. The van der Waals surface area contributed by atoms with E-state index in [1.807, 2.05) is 0 Å². The summed E-state index contributed by atoms with van der Waals surface area (Å²) < 4.78 is 14.8. The van der Waals surface area contributed by atoms with Crippen molar-refractivity contribution in [3.63, 3.8) is 0 Å². The molecule has 2 heterocycles. The standard InChI is InChI=1S/C19H20FN3OS/c1-22(11-13-6-8-14(20)9-7-13)12-15-10-18(24)23-16-4-2-3-5-17(16)25-19(23)21-15/h6-10H,2-5,11-12H2,1H3/p+1. The number of thiazole rings is 1. The molecule has 130 valence electrons. The molecule has 1 unspecified atom stereocenters. The molecule has 4 nitrogen and oxygen atoms in total. The first-order chi connectivity index (χ1) is 12.1. The summed E-state index contributed by atoms with van der Waals surface area (Å²) in [5, 5.41) is 0. The van der Waals surface area contributed by atoms with E-state index in [1.54, 1.807) is 33.9 Å². The molecule has 0 saturated carbocycles. The molecule has 1 aliphatic rings. The minimum atomic E-state index is -0.219. The van der Waals surface area contributed by atoms with E-state index in [0.717, 1.165) is 42.0 Å². The summed E-state index contributed by atoms with van der Waals surface area (Å²) in [6.45, 7) is 1.44. The lowest BCUT2D eigenvalue weighted by atomic mass is 10.0. The number of hydrogen-bond acceptors (Lipinski definition) is 3. The molecule has 1 aromatic carbocycles. The van der Waals surface area contributed by atoms with Crippen LogP contribution in [0.25, 0.3) is 4.96 Å². The van der Waals surface area contributed by atoms with Crippen molar-refractivity contribution in [3.05, 3.63) is 68.3 Å². The first kappa shape index (κ1) is 16.4. The van der Waals surface area contributed by atoms with Crippen molar-refractivity contribution < 1.29 is 9.29 Å². The van der Waals surface area contributed by atoms with Gasteiger partial charge in [-0.1, -0.05) is 12.1 Å². The molecule has 0 radical (unpaired) electrons. The summed E-state index contributed by atoms with van der Waals surface area (Å²) in [6, 6.07) is 8.24. The molecular weight excluding hydrogens is 337 g/mol. The van der Waals surface area contributed by atoms with Gasteiger partial charge in [0.25, 0.3) is 5.56 Å². The molecular formula is C19H21FN3OS+. The molecule has 25 heavy (non-hydrogen) atoms. The Morgan fingerprint density at radius 2 is 1.96 bits per heavy atom. The number of rotatable bonds is 4. The molecule has 1 atom stereocenters. The van der Waals surface area contributed by atoms with Crippen LogP contribution < -0.4 is 10.5 Å². The van der Waals surface area contributed by atoms with Crippen LogP contribution in [0.3, 0.4) is 0 Å². The number of hydrogen-bond donors (Lipinski definition) is 1. The molecule has 0 saturated heterocycles. The Kier molecular flexibility index (Phi) is 4.39. The zero-order valence-corrected chi connectivity index (χ0v) is 15.0. The highest BCUT2D eigenvalue weighted by atomic mass is 32.1. The van der Waals surface area contributed by atoms with Crippen molar-refractivity contribution in [3.8, 4) is 0 Å². The van der Waals surface area contributed by atoms with Gasteiger partial charge in [0.2, 0.25) is 0 Å². The summed E-state index contributed by atoms with van der Waals surface area (Å²) in [7, 11) is 2.06. The summed E-state index contributed by atoms with van der Waals surface area (Å²) in [5.41, 5.74) is 3.10. The summed E-state index contributed by atoms with van der Waals surface area (Å²) in [4.78, 5) is 20.7. The van der Waals surface area contributed by atoms with Gasteiger partial charge in [-0.15, -0.1) is 11.3 Å². The highest BCUT2D eigenvalue weighted by Crippen LogP contribution is 2.28. The maximum absolute atomic E-state index is 13.0. The van der Waals surface area contributed by atoms with E-state index in [0.29, 0.717) is 6.54 Å². The number of aryl methyl sites for hydroxylation is 2. The Hall–Kier alpha value is -2.05. The fraction of sp³-hybridized carbons (Fsp3) is 0.368. The van der Waals surface area contributed by atoms with Crippen molar-refractivity contribution in [2.24, 2.45) is 0 Å². The molecule has 0 amide bonds. The highest BCUT2D eigenvalue weighted by molar-refractivity contribution is 7.17. The van der Waals surface area contributed by atoms with Gasteiger partial charge in [0.15, 0.2) is 4.96 Å². The predicted molar refractivity (Wildman–Crippen MR) is 96.7 cm³/mol. The Balaban J connectivity index is 1.57. The van der Waals surface area contributed by atoms with Crippen LogP contribution in [0.15, 0.2) is 35.1 Å². The zero-order chi connectivity index (χ0) is 17.4. The van der Waals surface area contributed by atoms with Gasteiger partial charge in [0, 0.05) is 22.2 Å². The molecule has 0 aliphatic heterocycles. The van der Waals surface area contributed by atoms with E-state index in [2.05, 4.69) is 7.05 Å². The maximum atomic E-state index is 13.0. The van der Waals surface area contributed by atoms with Gasteiger partial charge in [0.05, 0.1) is 7.05 Å². The van der Waals surface area contributed by atoms with Crippen LogP contribution in [0, 0.1) is 5.82 Å². The van der Waals surface area contributed by atoms with Crippen LogP contribution in [0.1, 0.15) is 34.7 Å².